The van der Waals surface area contributed by atoms with Crippen LogP contribution in [0, 0.1) is 18.7 Å². The van der Waals surface area contributed by atoms with Crippen molar-refractivity contribution in [1.82, 2.24) is 10.2 Å². The number of benzene rings is 3. The number of carbonyl (C=O) groups excluding carboxylic acids is 2. The lowest BCUT2D eigenvalue weighted by molar-refractivity contribution is -0.140. The van der Waals surface area contributed by atoms with E-state index in [9.17, 15) is 22.4 Å². The molecule has 0 bridgehead atoms. The highest BCUT2D eigenvalue weighted by atomic mass is 32.2. The van der Waals surface area contributed by atoms with Gasteiger partial charge < -0.3 is 15.0 Å². The Labute approximate surface area is 242 Å². The topological polar surface area (TPSA) is 96.0 Å². The number of anilines is 1. The molecule has 10 heteroatoms. The van der Waals surface area contributed by atoms with E-state index in [1.54, 1.807) is 50.4 Å². The van der Waals surface area contributed by atoms with Crippen LogP contribution in [0.3, 0.4) is 0 Å². The number of carbonyl (C=O) groups is 2. The van der Waals surface area contributed by atoms with Gasteiger partial charge in [0.2, 0.25) is 11.8 Å². The van der Waals surface area contributed by atoms with Gasteiger partial charge in [0.25, 0.3) is 10.0 Å². The molecule has 8 nitrogen and oxygen atoms in total. The molecule has 0 spiro atoms. The van der Waals surface area contributed by atoms with Gasteiger partial charge in [0.15, 0.2) is 0 Å². The summed E-state index contributed by atoms with van der Waals surface area (Å²) in [5.41, 5.74) is 1.74. The molecule has 0 saturated heterocycles. The Hall–Kier alpha value is -3.92. The van der Waals surface area contributed by atoms with Crippen molar-refractivity contribution in [2.24, 2.45) is 5.92 Å². The molecule has 3 aromatic carbocycles. The van der Waals surface area contributed by atoms with E-state index in [-0.39, 0.29) is 29.0 Å². The second-order valence-corrected chi connectivity index (χ2v) is 12.1. The van der Waals surface area contributed by atoms with Gasteiger partial charge in [-0.1, -0.05) is 50.6 Å². The Morgan fingerprint density at radius 3 is 2.10 bits per heavy atom. The van der Waals surface area contributed by atoms with E-state index in [1.807, 2.05) is 20.8 Å². The summed E-state index contributed by atoms with van der Waals surface area (Å²) in [5.74, 6) is -0.595. The molecule has 0 unspecified atom stereocenters. The number of methoxy groups -OCH3 is 1. The highest BCUT2D eigenvalue weighted by Gasteiger charge is 2.33. The van der Waals surface area contributed by atoms with E-state index in [1.165, 1.54) is 29.2 Å². The van der Waals surface area contributed by atoms with E-state index in [2.05, 4.69) is 5.32 Å². The van der Waals surface area contributed by atoms with Gasteiger partial charge in [-0.05, 0) is 73.4 Å². The first kappa shape index (κ1) is 31.6. The van der Waals surface area contributed by atoms with E-state index >= 15 is 0 Å². The predicted octanol–water partition coefficient (Wildman–Crippen LogP) is 4.92. The van der Waals surface area contributed by atoms with Gasteiger partial charge in [-0.2, -0.15) is 0 Å². The van der Waals surface area contributed by atoms with E-state index in [4.69, 9.17) is 4.74 Å². The molecule has 0 aliphatic rings. The van der Waals surface area contributed by atoms with Crippen LogP contribution in [0.5, 0.6) is 5.75 Å². The average Bonchev–Trinajstić information content (AvgIpc) is 2.95. The summed E-state index contributed by atoms with van der Waals surface area (Å²) in [7, 11) is -2.67. The maximum absolute atomic E-state index is 14.0. The third-order valence-corrected chi connectivity index (χ3v) is 8.37. The molecule has 0 aliphatic heterocycles. The summed E-state index contributed by atoms with van der Waals surface area (Å²) in [6.07, 6.45) is 0.313. The fourth-order valence-corrected chi connectivity index (χ4v) is 5.66. The molecular formula is C31H38FN3O5S. The van der Waals surface area contributed by atoms with Crippen molar-refractivity contribution < 1.29 is 27.1 Å². The molecule has 3 rings (SSSR count). The second-order valence-electron chi connectivity index (χ2n) is 10.2. The minimum Gasteiger partial charge on any atom is -0.497 e. The Morgan fingerprint density at radius 1 is 0.951 bits per heavy atom. The van der Waals surface area contributed by atoms with Crippen LogP contribution in [-0.4, -0.2) is 51.4 Å². The van der Waals surface area contributed by atoms with Crippen LogP contribution >= 0.6 is 0 Å². The van der Waals surface area contributed by atoms with Gasteiger partial charge in [0, 0.05) is 13.1 Å². The van der Waals surface area contributed by atoms with Gasteiger partial charge in [-0.25, -0.2) is 12.8 Å². The average molecular weight is 584 g/mol. The number of nitrogens with one attached hydrogen (secondary N) is 1. The highest BCUT2D eigenvalue weighted by molar-refractivity contribution is 7.92. The molecule has 0 aliphatic carbocycles. The molecular weight excluding hydrogens is 545 g/mol. The summed E-state index contributed by atoms with van der Waals surface area (Å²) >= 11 is 0. The summed E-state index contributed by atoms with van der Waals surface area (Å²) in [4.78, 5) is 28.7. The van der Waals surface area contributed by atoms with Crippen molar-refractivity contribution in [3.8, 4) is 5.75 Å². The Bertz CT molecular complexity index is 1410. The molecule has 2 amide bonds. The van der Waals surface area contributed by atoms with Crippen LogP contribution in [0.25, 0.3) is 0 Å². The molecule has 41 heavy (non-hydrogen) atoms. The SMILES string of the molecule is CC[C@@H](C(=O)NCC(C)C)N(Cc1ccc(OC)cc1)C(=O)CN(c1ccc(F)cc1)S(=O)(=O)c1ccc(C)cc1. The van der Waals surface area contributed by atoms with E-state index in [0.29, 0.717) is 18.7 Å². The third kappa shape index (κ3) is 8.29. The number of hydrogen-bond donors (Lipinski definition) is 1. The second kappa shape index (κ2) is 14.1. The quantitative estimate of drug-likeness (QED) is 0.308. The van der Waals surface area contributed by atoms with Crippen molar-refractivity contribution in [3.05, 3.63) is 89.7 Å². The van der Waals surface area contributed by atoms with Crippen molar-refractivity contribution in [1.29, 1.82) is 0 Å². The largest absolute Gasteiger partial charge is 0.497 e. The lowest BCUT2D eigenvalue weighted by atomic mass is 10.1. The first-order valence-corrected chi connectivity index (χ1v) is 14.9. The zero-order valence-electron chi connectivity index (χ0n) is 24.1. The maximum atomic E-state index is 14.0. The Morgan fingerprint density at radius 2 is 1.56 bits per heavy atom. The van der Waals surface area contributed by atoms with Crippen LogP contribution in [0.2, 0.25) is 0 Å². The first-order chi connectivity index (χ1) is 19.5. The maximum Gasteiger partial charge on any atom is 0.264 e. The lowest BCUT2D eigenvalue weighted by Gasteiger charge is -2.33. The van der Waals surface area contributed by atoms with Crippen LogP contribution in [0.15, 0.2) is 77.7 Å². The lowest BCUT2D eigenvalue weighted by Crippen LogP contribution is -2.52. The van der Waals surface area contributed by atoms with Gasteiger partial charge in [0.05, 0.1) is 17.7 Å². The van der Waals surface area contributed by atoms with Crippen molar-refractivity contribution >= 4 is 27.5 Å². The minimum atomic E-state index is -4.22. The van der Waals surface area contributed by atoms with Crippen LogP contribution in [-0.2, 0) is 26.2 Å². The molecule has 0 aromatic heterocycles. The van der Waals surface area contributed by atoms with E-state index in [0.717, 1.165) is 27.6 Å². The van der Waals surface area contributed by atoms with Crippen molar-refractivity contribution in [3.63, 3.8) is 0 Å². The number of sulfonamides is 1. The number of ether oxygens (including phenoxy) is 1. The normalized spacial score (nSPS) is 12.1. The van der Waals surface area contributed by atoms with Gasteiger partial charge in [0.1, 0.15) is 24.2 Å². The number of nitrogens with zero attached hydrogens (tertiary/aromatic N) is 2. The predicted molar refractivity (Wildman–Crippen MR) is 158 cm³/mol. The van der Waals surface area contributed by atoms with Crippen molar-refractivity contribution in [2.45, 2.75) is 51.6 Å². The number of halogens is 1. The number of hydrogen-bond acceptors (Lipinski definition) is 5. The summed E-state index contributed by atoms with van der Waals surface area (Å²) in [5, 5.41) is 2.90. The number of aryl methyl sites for hydroxylation is 1. The molecule has 0 heterocycles. The number of amides is 2. The van der Waals surface area contributed by atoms with E-state index < -0.39 is 34.3 Å². The fraction of sp³-hybridized carbons (Fsp3) is 0.355. The molecule has 0 fully saturated rings. The van der Waals surface area contributed by atoms with Crippen LogP contribution in [0.1, 0.15) is 38.3 Å². The van der Waals surface area contributed by atoms with Gasteiger partial charge in [-0.15, -0.1) is 0 Å². The molecule has 3 aromatic rings. The smallest absolute Gasteiger partial charge is 0.264 e. The zero-order chi connectivity index (χ0) is 30.2. The molecule has 0 saturated carbocycles. The van der Waals surface area contributed by atoms with Gasteiger partial charge >= 0.3 is 0 Å². The Kier molecular flexibility index (Phi) is 10.9. The summed E-state index contributed by atoms with van der Waals surface area (Å²) < 4.78 is 47.6. The van der Waals surface area contributed by atoms with Crippen molar-refractivity contribution in [2.75, 3.05) is 24.5 Å². The zero-order valence-corrected chi connectivity index (χ0v) is 24.9. The summed E-state index contributed by atoms with van der Waals surface area (Å²) in [6, 6.07) is 17.4. The standard InChI is InChI=1S/C31H38FN3O5S/c1-6-29(31(37)33-19-22(2)3)34(20-24-9-15-27(40-5)16-10-24)30(36)21-35(26-13-11-25(32)12-14-26)41(38,39)28-17-7-23(4)8-18-28/h7-18,22,29H,6,19-21H2,1-5H3,(H,33,37)/t29-/m0/s1. The van der Waals surface area contributed by atoms with Gasteiger partial charge in [-0.3, -0.25) is 13.9 Å². The monoisotopic (exact) mass is 583 g/mol. The Balaban J connectivity index is 2.03. The molecule has 0 radical (unpaired) electrons. The third-order valence-electron chi connectivity index (χ3n) is 6.58. The molecule has 220 valence electrons. The highest BCUT2D eigenvalue weighted by Crippen LogP contribution is 2.25. The fourth-order valence-electron chi connectivity index (χ4n) is 4.24. The summed E-state index contributed by atoms with van der Waals surface area (Å²) in [6.45, 7) is 7.49. The van der Waals surface area contributed by atoms with Crippen LogP contribution < -0.4 is 14.4 Å². The molecule has 1 N–H and O–H groups in total. The number of rotatable bonds is 13. The first-order valence-electron chi connectivity index (χ1n) is 13.5. The van der Waals surface area contributed by atoms with Crippen LogP contribution in [0.4, 0.5) is 10.1 Å². The molecule has 1 atom stereocenters. The minimum absolute atomic E-state index is 0.0105.